The molecule has 0 spiro atoms. The topological polar surface area (TPSA) is 26.0 Å². The largest absolute Gasteiger partial charge is 0.327 e. The average Bonchev–Trinajstić information content (AvgIpc) is 2.23. The molecule has 90 valence electrons. The van der Waals surface area contributed by atoms with Gasteiger partial charge in [0.2, 0.25) is 0 Å². The summed E-state index contributed by atoms with van der Waals surface area (Å²) in [6.45, 7) is 4.31. The molecule has 16 heavy (non-hydrogen) atoms. The zero-order chi connectivity index (χ0) is 12.1. The van der Waals surface area contributed by atoms with Crippen LogP contribution in [0.5, 0.6) is 0 Å². The van der Waals surface area contributed by atoms with Crippen LogP contribution >= 0.6 is 23.2 Å². The van der Waals surface area contributed by atoms with E-state index in [0.29, 0.717) is 22.0 Å². The molecular formula is C13H19Cl2N. The number of benzene rings is 1. The van der Waals surface area contributed by atoms with Crippen LogP contribution in [0.15, 0.2) is 18.2 Å². The van der Waals surface area contributed by atoms with Crippen molar-refractivity contribution in [3.05, 3.63) is 33.8 Å². The van der Waals surface area contributed by atoms with E-state index in [1.807, 2.05) is 18.2 Å². The van der Waals surface area contributed by atoms with E-state index in [2.05, 4.69) is 13.8 Å². The highest BCUT2D eigenvalue weighted by molar-refractivity contribution is 6.42. The fourth-order valence-electron chi connectivity index (χ4n) is 1.57. The van der Waals surface area contributed by atoms with Gasteiger partial charge in [0.1, 0.15) is 0 Å². The monoisotopic (exact) mass is 259 g/mol. The van der Waals surface area contributed by atoms with Crippen molar-refractivity contribution in [3.8, 4) is 0 Å². The fraction of sp³-hybridized carbons (Fsp3) is 0.538. The van der Waals surface area contributed by atoms with Gasteiger partial charge in [0, 0.05) is 6.04 Å². The molecule has 1 rings (SSSR count). The molecule has 0 heterocycles. The van der Waals surface area contributed by atoms with Crippen molar-refractivity contribution < 1.29 is 0 Å². The third-order valence-corrected chi connectivity index (χ3v) is 3.58. The lowest BCUT2D eigenvalue weighted by atomic mass is 9.98. The molecule has 1 aromatic carbocycles. The van der Waals surface area contributed by atoms with Crippen LogP contribution in [-0.4, -0.2) is 6.04 Å². The summed E-state index contributed by atoms with van der Waals surface area (Å²) in [5.74, 6) is 0.550. The molecule has 0 bridgehead atoms. The first kappa shape index (κ1) is 13.8. The Morgan fingerprint density at radius 3 is 2.44 bits per heavy atom. The number of halogens is 2. The van der Waals surface area contributed by atoms with Gasteiger partial charge in [-0.3, -0.25) is 0 Å². The smallest absolute Gasteiger partial charge is 0.0595 e. The molecule has 0 radical (unpaired) electrons. The number of nitrogens with two attached hydrogens (primary N) is 1. The van der Waals surface area contributed by atoms with E-state index in [-0.39, 0.29) is 0 Å². The summed E-state index contributed by atoms with van der Waals surface area (Å²) in [5.41, 5.74) is 7.21. The second kappa shape index (κ2) is 6.48. The van der Waals surface area contributed by atoms with Crippen LogP contribution in [0.3, 0.4) is 0 Å². The summed E-state index contributed by atoms with van der Waals surface area (Å²) >= 11 is 11.8. The van der Waals surface area contributed by atoms with Crippen molar-refractivity contribution in [3.63, 3.8) is 0 Å². The molecule has 0 saturated carbocycles. The number of aryl methyl sites for hydroxylation is 1. The molecule has 2 N–H and O–H groups in total. The van der Waals surface area contributed by atoms with Gasteiger partial charge in [-0.05, 0) is 42.9 Å². The standard InChI is InChI=1S/C13H19Cl2N/c1-9(2)13(16)5-3-4-10-6-7-11(14)12(15)8-10/h6-9,13H,3-5,16H2,1-2H3. The van der Waals surface area contributed by atoms with Crippen molar-refractivity contribution in [2.75, 3.05) is 0 Å². The van der Waals surface area contributed by atoms with E-state index in [9.17, 15) is 0 Å². The summed E-state index contributed by atoms with van der Waals surface area (Å²) in [4.78, 5) is 0. The second-order valence-corrected chi connectivity index (χ2v) is 5.36. The molecule has 1 unspecified atom stereocenters. The maximum atomic E-state index is 5.99. The summed E-state index contributed by atoms with van der Waals surface area (Å²) in [6.07, 6.45) is 3.16. The SMILES string of the molecule is CC(C)C(N)CCCc1ccc(Cl)c(Cl)c1. The van der Waals surface area contributed by atoms with Crippen molar-refractivity contribution in [2.45, 2.75) is 39.2 Å². The second-order valence-electron chi connectivity index (χ2n) is 4.55. The molecule has 1 aromatic rings. The minimum atomic E-state index is 0.294. The molecule has 0 fully saturated rings. The predicted octanol–water partition coefficient (Wildman–Crippen LogP) is 4.30. The Morgan fingerprint density at radius 1 is 1.19 bits per heavy atom. The van der Waals surface area contributed by atoms with Crippen LogP contribution in [0.1, 0.15) is 32.3 Å². The van der Waals surface area contributed by atoms with Crippen LogP contribution in [-0.2, 0) is 6.42 Å². The number of hydrogen-bond donors (Lipinski definition) is 1. The van der Waals surface area contributed by atoms with Gasteiger partial charge < -0.3 is 5.73 Å². The maximum Gasteiger partial charge on any atom is 0.0595 e. The highest BCUT2D eigenvalue weighted by Crippen LogP contribution is 2.23. The average molecular weight is 260 g/mol. The summed E-state index contributed by atoms with van der Waals surface area (Å²) in [6, 6.07) is 6.10. The lowest BCUT2D eigenvalue weighted by Gasteiger charge is -2.15. The van der Waals surface area contributed by atoms with Crippen LogP contribution in [0.25, 0.3) is 0 Å². The Bertz CT molecular complexity index is 337. The third kappa shape index (κ3) is 4.32. The zero-order valence-corrected chi connectivity index (χ0v) is 11.4. The van der Waals surface area contributed by atoms with Crippen LogP contribution < -0.4 is 5.73 Å². The molecule has 0 aliphatic rings. The molecule has 0 aliphatic heterocycles. The van der Waals surface area contributed by atoms with Gasteiger partial charge in [-0.2, -0.15) is 0 Å². The first-order valence-corrected chi connectivity index (χ1v) is 6.46. The van der Waals surface area contributed by atoms with Gasteiger partial charge in [-0.15, -0.1) is 0 Å². The molecular weight excluding hydrogens is 241 g/mol. The van der Waals surface area contributed by atoms with Gasteiger partial charge in [0.05, 0.1) is 10.0 Å². The van der Waals surface area contributed by atoms with Gasteiger partial charge in [0.25, 0.3) is 0 Å². The zero-order valence-electron chi connectivity index (χ0n) is 9.84. The lowest BCUT2D eigenvalue weighted by molar-refractivity contribution is 0.452. The first-order valence-electron chi connectivity index (χ1n) is 5.70. The molecule has 1 nitrogen and oxygen atoms in total. The molecule has 0 amide bonds. The van der Waals surface area contributed by atoms with E-state index in [1.54, 1.807) is 0 Å². The predicted molar refractivity (Wildman–Crippen MR) is 72.2 cm³/mol. The van der Waals surface area contributed by atoms with E-state index in [0.717, 1.165) is 19.3 Å². The summed E-state index contributed by atoms with van der Waals surface area (Å²) in [5, 5.41) is 1.25. The number of rotatable bonds is 5. The fourth-order valence-corrected chi connectivity index (χ4v) is 1.89. The van der Waals surface area contributed by atoms with Gasteiger partial charge >= 0.3 is 0 Å². The van der Waals surface area contributed by atoms with Crippen LogP contribution in [0.2, 0.25) is 10.0 Å². The molecule has 0 saturated heterocycles. The Hall–Kier alpha value is -0.240. The Morgan fingerprint density at radius 2 is 1.88 bits per heavy atom. The first-order chi connectivity index (χ1) is 7.50. The highest BCUT2D eigenvalue weighted by atomic mass is 35.5. The van der Waals surface area contributed by atoms with Crippen LogP contribution in [0, 0.1) is 5.92 Å². The Kier molecular flexibility index (Phi) is 5.60. The van der Waals surface area contributed by atoms with E-state index in [4.69, 9.17) is 28.9 Å². The third-order valence-electron chi connectivity index (χ3n) is 2.84. The van der Waals surface area contributed by atoms with Crippen molar-refractivity contribution >= 4 is 23.2 Å². The minimum absolute atomic E-state index is 0.294. The molecule has 0 aromatic heterocycles. The highest BCUT2D eigenvalue weighted by Gasteiger charge is 2.07. The Balaban J connectivity index is 2.40. The van der Waals surface area contributed by atoms with Gasteiger partial charge in [-0.25, -0.2) is 0 Å². The maximum absolute atomic E-state index is 5.99. The van der Waals surface area contributed by atoms with Crippen molar-refractivity contribution in [1.29, 1.82) is 0 Å². The normalized spacial score (nSPS) is 13.1. The molecule has 1 atom stereocenters. The number of hydrogen-bond acceptors (Lipinski definition) is 1. The summed E-state index contributed by atoms with van der Waals surface area (Å²) < 4.78 is 0. The van der Waals surface area contributed by atoms with Crippen molar-refractivity contribution in [1.82, 2.24) is 0 Å². The van der Waals surface area contributed by atoms with E-state index >= 15 is 0 Å². The van der Waals surface area contributed by atoms with Gasteiger partial charge in [0.15, 0.2) is 0 Å². The van der Waals surface area contributed by atoms with E-state index in [1.165, 1.54) is 5.56 Å². The Labute approximate surface area is 108 Å². The lowest BCUT2D eigenvalue weighted by Crippen LogP contribution is -2.26. The van der Waals surface area contributed by atoms with E-state index < -0.39 is 0 Å². The summed E-state index contributed by atoms with van der Waals surface area (Å²) in [7, 11) is 0. The van der Waals surface area contributed by atoms with Crippen LogP contribution in [0.4, 0.5) is 0 Å². The molecule has 0 aliphatic carbocycles. The molecule has 3 heteroatoms. The van der Waals surface area contributed by atoms with Gasteiger partial charge in [-0.1, -0.05) is 43.1 Å². The van der Waals surface area contributed by atoms with Crippen molar-refractivity contribution in [2.24, 2.45) is 11.7 Å². The quantitative estimate of drug-likeness (QED) is 0.839. The minimum Gasteiger partial charge on any atom is -0.327 e.